The Morgan fingerprint density at radius 3 is 2.28 bits per heavy atom. The summed E-state index contributed by atoms with van der Waals surface area (Å²) in [7, 11) is 1.53. The fourth-order valence-corrected chi connectivity index (χ4v) is 5.58. The van der Waals surface area contributed by atoms with E-state index >= 15 is 4.39 Å². The second kappa shape index (κ2) is 11.7. The Balaban J connectivity index is 1.33. The van der Waals surface area contributed by atoms with Crippen molar-refractivity contribution in [3.05, 3.63) is 82.9 Å². The number of carboxylic acids is 1. The SMILES string of the molecule is COc1ccc(CN2C(=O)CCc3c(OCC4(C(=O)O)CCN(c5ccc(C(F)(F)F)cc5F)CC4)ccc(F)c32)cc1. The van der Waals surface area contributed by atoms with Crippen molar-refractivity contribution in [1.82, 2.24) is 0 Å². The summed E-state index contributed by atoms with van der Waals surface area (Å²) in [5, 5.41) is 10.1. The Kier molecular flexibility index (Phi) is 8.22. The van der Waals surface area contributed by atoms with Crippen LogP contribution in [0.3, 0.4) is 0 Å². The second-order valence-corrected chi connectivity index (χ2v) is 10.7. The number of fused-ring (bicyclic) bond motifs is 1. The molecular weight excluding hydrogens is 575 g/mol. The van der Waals surface area contributed by atoms with Gasteiger partial charge in [0.2, 0.25) is 5.91 Å². The highest BCUT2D eigenvalue weighted by Gasteiger charge is 2.43. The molecule has 1 N–H and O–H groups in total. The van der Waals surface area contributed by atoms with Gasteiger partial charge in [-0.2, -0.15) is 13.2 Å². The molecule has 228 valence electrons. The molecule has 3 aromatic carbocycles. The molecule has 0 spiro atoms. The van der Waals surface area contributed by atoms with Gasteiger partial charge in [0.05, 0.1) is 30.6 Å². The number of ether oxygens (including phenoxy) is 2. The zero-order chi connectivity index (χ0) is 30.9. The molecule has 2 heterocycles. The van der Waals surface area contributed by atoms with Crippen molar-refractivity contribution in [3.8, 4) is 11.5 Å². The Morgan fingerprint density at radius 1 is 0.977 bits per heavy atom. The lowest BCUT2D eigenvalue weighted by atomic mass is 9.79. The molecule has 7 nitrogen and oxygen atoms in total. The standard InChI is InChI=1S/C31H29F5N2O5/c1-42-21-5-2-19(3-6-21)17-38-27(39)11-7-22-26(10-8-23(32)28(22)38)43-18-30(29(40)41)12-14-37(15-13-30)25-9-4-20(16-24(25)33)31(34,35)36/h2-6,8-10,16H,7,11-15,17-18H2,1H3,(H,40,41). The lowest BCUT2D eigenvalue weighted by Gasteiger charge is -2.40. The summed E-state index contributed by atoms with van der Waals surface area (Å²) in [6.45, 7) is -0.00497. The molecule has 3 aromatic rings. The number of aliphatic carboxylic acids is 1. The van der Waals surface area contributed by atoms with Crippen molar-refractivity contribution in [2.75, 3.05) is 36.6 Å². The minimum absolute atomic E-state index is 0.0360. The zero-order valence-electron chi connectivity index (χ0n) is 23.2. The predicted octanol–water partition coefficient (Wildman–Crippen LogP) is 6.22. The van der Waals surface area contributed by atoms with E-state index < -0.39 is 34.8 Å². The third-order valence-corrected chi connectivity index (χ3v) is 8.14. The molecule has 12 heteroatoms. The number of benzene rings is 3. The number of amides is 1. The maximum atomic E-state index is 15.2. The van der Waals surface area contributed by atoms with Crippen LogP contribution in [0.2, 0.25) is 0 Å². The van der Waals surface area contributed by atoms with E-state index in [-0.39, 0.29) is 75.0 Å². The van der Waals surface area contributed by atoms with Crippen LogP contribution >= 0.6 is 0 Å². The van der Waals surface area contributed by atoms with Gasteiger partial charge < -0.3 is 24.4 Å². The molecule has 0 bridgehead atoms. The van der Waals surface area contributed by atoms with E-state index in [1.807, 2.05) is 0 Å². The molecular formula is C31H29F5N2O5. The van der Waals surface area contributed by atoms with Crippen molar-refractivity contribution in [2.45, 2.75) is 38.4 Å². The van der Waals surface area contributed by atoms with Crippen LogP contribution in [-0.4, -0.2) is 43.8 Å². The molecule has 5 rings (SSSR count). The minimum atomic E-state index is -4.68. The number of methoxy groups -OCH3 is 1. The molecule has 0 atom stereocenters. The van der Waals surface area contributed by atoms with E-state index in [9.17, 15) is 32.3 Å². The van der Waals surface area contributed by atoms with E-state index in [0.717, 1.165) is 17.7 Å². The van der Waals surface area contributed by atoms with Crippen molar-refractivity contribution >= 4 is 23.3 Å². The Labute approximate surface area is 244 Å². The summed E-state index contributed by atoms with van der Waals surface area (Å²) in [5.74, 6) is -2.14. The number of rotatable bonds is 8. The Morgan fingerprint density at radius 2 is 1.67 bits per heavy atom. The van der Waals surface area contributed by atoms with Crippen molar-refractivity contribution in [2.24, 2.45) is 5.41 Å². The fourth-order valence-electron chi connectivity index (χ4n) is 5.58. The highest BCUT2D eigenvalue weighted by Crippen LogP contribution is 2.41. The first kappa shape index (κ1) is 30.1. The Hall–Kier alpha value is -4.35. The van der Waals surface area contributed by atoms with E-state index in [1.54, 1.807) is 24.3 Å². The van der Waals surface area contributed by atoms with Gasteiger partial charge in [0.15, 0.2) is 0 Å². The van der Waals surface area contributed by atoms with Gasteiger partial charge >= 0.3 is 12.1 Å². The summed E-state index contributed by atoms with van der Waals surface area (Å²) >= 11 is 0. The highest BCUT2D eigenvalue weighted by atomic mass is 19.4. The predicted molar refractivity (Wildman–Crippen MR) is 147 cm³/mol. The third kappa shape index (κ3) is 6.09. The van der Waals surface area contributed by atoms with Crippen LogP contribution in [0, 0.1) is 17.0 Å². The number of hydrogen-bond acceptors (Lipinski definition) is 5. The van der Waals surface area contributed by atoms with Gasteiger partial charge in [0, 0.05) is 25.1 Å². The molecule has 1 amide bonds. The number of carbonyl (C=O) groups is 2. The van der Waals surface area contributed by atoms with Crippen LogP contribution in [0.1, 0.15) is 36.0 Å². The van der Waals surface area contributed by atoms with Gasteiger partial charge in [-0.15, -0.1) is 0 Å². The van der Waals surface area contributed by atoms with Crippen LogP contribution in [0.15, 0.2) is 54.6 Å². The van der Waals surface area contributed by atoms with Crippen LogP contribution in [0.25, 0.3) is 0 Å². The van der Waals surface area contributed by atoms with Crippen LogP contribution < -0.4 is 19.3 Å². The van der Waals surface area contributed by atoms with Gasteiger partial charge in [0.1, 0.15) is 35.2 Å². The molecule has 0 radical (unpaired) electrons. The second-order valence-electron chi connectivity index (χ2n) is 10.7. The normalized spacial score (nSPS) is 16.6. The molecule has 2 aliphatic heterocycles. The molecule has 0 aliphatic carbocycles. The molecule has 0 unspecified atom stereocenters. The number of hydrogen-bond donors (Lipinski definition) is 1. The number of carboxylic acid groups (broad SMARTS) is 1. The average molecular weight is 605 g/mol. The smallest absolute Gasteiger partial charge is 0.416 e. The van der Waals surface area contributed by atoms with Crippen molar-refractivity contribution in [3.63, 3.8) is 0 Å². The molecule has 0 aromatic heterocycles. The maximum Gasteiger partial charge on any atom is 0.416 e. The summed E-state index contributed by atoms with van der Waals surface area (Å²) in [6.07, 6.45) is -4.29. The van der Waals surface area contributed by atoms with Crippen LogP contribution in [0.5, 0.6) is 11.5 Å². The third-order valence-electron chi connectivity index (χ3n) is 8.14. The molecule has 1 saturated heterocycles. The number of carbonyl (C=O) groups excluding carboxylic acids is 1. The minimum Gasteiger partial charge on any atom is -0.497 e. The van der Waals surface area contributed by atoms with E-state index in [4.69, 9.17) is 9.47 Å². The zero-order valence-corrected chi connectivity index (χ0v) is 23.2. The molecule has 1 fully saturated rings. The number of alkyl halides is 3. The van der Waals surface area contributed by atoms with Gasteiger partial charge in [-0.1, -0.05) is 12.1 Å². The molecule has 2 aliphatic rings. The van der Waals surface area contributed by atoms with Gasteiger partial charge in [-0.25, -0.2) is 8.78 Å². The summed E-state index contributed by atoms with van der Waals surface area (Å²) in [4.78, 5) is 28.2. The topological polar surface area (TPSA) is 79.3 Å². The van der Waals surface area contributed by atoms with Crippen LogP contribution in [0.4, 0.5) is 33.3 Å². The van der Waals surface area contributed by atoms with E-state index in [0.29, 0.717) is 17.4 Å². The maximum absolute atomic E-state index is 15.2. The number of anilines is 2. The lowest BCUT2D eigenvalue weighted by Crippen LogP contribution is -2.48. The van der Waals surface area contributed by atoms with Gasteiger partial charge in [0.25, 0.3) is 0 Å². The monoisotopic (exact) mass is 604 g/mol. The lowest BCUT2D eigenvalue weighted by molar-refractivity contribution is -0.152. The first-order valence-corrected chi connectivity index (χ1v) is 13.6. The number of piperidine rings is 1. The summed E-state index contributed by atoms with van der Waals surface area (Å²) in [6, 6.07) is 11.9. The largest absolute Gasteiger partial charge is 0.497 e. The fraction of sp³-hybridized carbons (Fsp3) is 0.355. The summed E-state index contributed by atoms with van der Waals surface area (Å²) in [5.41, 5.74) is -1.21. The summed E-state index contributed by atoms with van der Waals surface area (Å²) < 4.78 is 79.8. The van der Waals surface area contributed by atoms with Gasteiger partial charge in [-0.3, -0.25) is 9.59 Å². The van der Waals surface area contributed by atoms with Crippen LogP contribution in [-0.2, 0) is 28.7 Å². The Bertz CT molecular complexity index is 1520. The highest BCUT2D eigenvalue weighted by molar-refractivity contribution is 5.97. The number of halogens is 5. The quantitative estimate of drug-likeness (QED) is 0.308. The van der Waals surface area contributed by atoms with Gasteiger partial charge in [-0.05, 0) is 67.3 Å². The number of nitrogens with zero attached hydrogens (tertiary/aromatic N) is 2. The molecule has 0 saturated carbocycles. The molecule has 43 heavy (non-hydrogen) atoms. The van der Waals surface area contributed by atoms with E-state index in [2.05, 4.69) is 0 Å². The first-order chi connectivity index (χ1) is 20.4. The van der Waals surface area contributed by atoms with E-state index in [1.165, 1.54) is 29.0 Å². The van der Waals surface area contributed by atoms with Crippen molar-refractivity contribution in [1.29, 1.82) is 0 Å². The first-order valence-electron chi connectivity index (χ1n) is 13.6. The average Bonchev–Trinajstić information content (AvgIpc) is 2.98. The van der Waals surface area contributed by atoms with Crippen molar-refractivity contribution < 1.29 is 46.1 Å².